The summed E-state index contributed by atoms with van der Waals surface area (Å²) in [5, 5.41) is 0. The molecule has 0 spiro atoms. The zero-order valence-electron chi connectivity index (χ0n) is 6.93. The van der Waals surface area contributed by atoms with Crippen molar-refractivity contribution in [3.8, 4) is 0 Å². The molecule has 0 saturated carbocycles. The first-order valence-corrected chi connectivity index (χ1v) is 4.09. The summed E-state index contributed by atoms with van der Waals surface area (Å²) >= 11 is 0. The lowest BCUT2D eigenvalue weighted by atomic mass is 10.0. The highest BCUT2D eigenvalue weighted by Crippen LogP contribution is 2.20. The molecule has 0 radical (unpaired) electrons. The molecule has 0 heteroatoms. The van der Waals surface area contributed by atoms with E-state index in [-0.39, 0.29) is 0 Å². The van der Waals surface area contributed by atoms with Crippen LogP contribution in [0.2, 0.25) is 0 Å². The van der Waals surface area contributed by atoms with Gasteiger partial charge < -0.3 is 0 Å². The molecule has 0 aromatic rings. The van der Waals surface area contributed by atoms with Crippen LogP contribution in [0, 0.1) is 5.92 Å². The van der Waals surface area contributed by atoms with E-state index in [2.05, 4.69) is 32.1 Å². The van der Waals surface area contributed by atoms with E-state index in [0.717, 1.165) is 5.92 Å². The third-order valence-corrected chi connectivity index (χ3v) is 1.94. The van der Waals surface area contributed by atoms with Gasteiger partial charge in [0.05, 0.1) is 0 Å². The molecule has 0 nitrogen and oxygen atoms in total. The molecule has 0 N–H and O–H groups in total. The molecule has 0 bridgehead atoms. The minimum atomic E-state index is 0.842. The summed E-state index contributed by atoms with van der Waals surface area (Å²) in [5.74, 6) is 0.842. The molecule has 0 aromatic heterocycles. The largest absolute Gasteiger partial charge is 0.0882 e. The number of rotatable bonds is 2. The molecule has 0 amide bonds. The molecule has 1 atom stereocenters. The van der Waals surface area contributed by atoms with E-state index >= 15 is 0 Å². The first kappa shape index (κ1) is 7.59. The van der Waals surface area contributed by atoms with Crippen LogP contribution in [0.25, 0.3) is 0 Å². The summed E-state index contributed by atoms with van der Waals surface area (Å²) in [5.41, 5.74) is 1.44. The van der Waals surface area contributed by atoms with Crippen molar-refractivity contribution < 1.29 is 0 Å². The average Bonchev–Trinajstić information content (AvgIpc) is 2.34. The van der Waals surface area contributed by atoms with Crippen LogP contribution in [0.5, 0.6) is 0 Å². The Bertz CT molecular complexity index is 147. The SMILES string of the molecule is CC(C)=CCC1C=CCC1. The highest BCUT2D eigenvalue weighted by molar-refractivity contribution is 5.02. The van der Waals surface area contributed by atoms with Crippen LogP contribution in [0.1, 0.15) is 33.1 Å². The molecule has 1 aliphatic carbocycles. The van der Waals surface area contributed by atoms with Crippen molar-refractivity contribution >= 4 is 0 Å². The minimum absolute atomic E-state index is 0.842. The van der Waals surface area contributed by atoms with E-state index < -0.39 is 0 Å². The molecule has 56 valence electrons. The predicted octanol–water partition coefficient (Wildman–Crippen LogP) is 3.31. The maximum atomic E-state index is 2.35. The predicted molar refractivity (Wildman–Crippen MR) is 45.9 cm³/mol. The summed E-state index contributed by atoms with van der Waals surface area (Å²) in [6.07, 6.45) is 10.9. The second-order valence-electron chi connectivity index (χ2n) is 3.28. The Morgan fingerprint density at radius 2 is 2.40 bits per heavy atom. The minimum Gasteiger partial charge on any atom is -0.0882 e. The first-order valence-electron chi connectivity index (χ1n) is 4.09. The van der Waals surface area contributed by atoms with E-state index in [9.17, 15) is 0 Å². The van der Waals surface area contributed by atoms with Crippen molar-refractivity contribution in [3.63, 3.8) is 0 Å². The van der Waals surface area contributed by atoms with Gasteiger partial charge in [0.25, 0.3) is 0 Å². The van der Waals surface area contributed by atoms with Crippen LogP contribution in [-0.2, 0) is 0 Å². The Labute approximate surface area is 63.6 Å². The molecular formula is C10H16. The van der Waals surface area contributed by atoms with Crippen molar-refractivity contribution in [1.29, 1.82) is 0 Å². The van der Waals surface area contributed by atoms with Crippen LogP contribution >= 0.6 is 0 Å². The zero-order chi connectivity index (χ0) is 7.40. The third-order valence-electron chi connectivity index (χ3n) is 1.94. The highest BCUT2D eigenvalue weighted by Gasteiger charge is 2.05. The standard InChI is InChI=1S/C10H16/c1-9(2)7-8-10-5-3-4-6-10/h3,5,7,10H,4,6,8H2,1-2H3. The fraction of sp³-hybridized carbons (Fsp3) is 0.600. The molecule has 0 saturated heterocycles. The van der Waals surface area contributed by atoms with Gasteiger partial charge in [-0.25, -0.2) is 0 Å². The molecule has 0 aromatic carbocycles. The van der Waals surface area contributed by atoms with Gasteiger partial charge in [0, 0.05) is 0 Å². The molecule has 1 aliphatic rings. The van der Waals surface area contributed by atoms with E-state index in [1.807, 2.05) is 0 Å². The fourth-order valence-electron chi connectivity index (χ4n) is 1.28. The van der Waals surface area contributed by atoms with Crippen LogP contribution < -0.4 is 0 Å². The number of allylic oxidation sites excluding steroid dienone is 4. The summed E-state index contributed by atoms with van der Waals surface area (Å²) in [7, 11) is 0. The van der Waals surface area contributed by atoms with Crippen molar-refractivity contribution in [2.45, 2.75) is 33.1 Å². The zero-order valence-corrected chi connectivity index (χ0v) is 6.93. The third kappa shape index (κ3) is 2.38. The molecule has 1 unspecified atom stereocenters. The summed E-state index contributed by atoms with van der Waals surface area (Å²) in [6.45, 7) is 4.33. The lowest BCUT2D eigenvalue weighted by molar-refractivity contribution is 0.641. The van der Waals surface area contributed by atoms with Crippen molar-refractivity contribution in [2.75, 3.05) is 0 Å². The van der Waals surface area contributed by atoms with Crippen LogP contribution in [0.3, 0.4) is 0 Å². The smallest absolute Gasteiger partial charge is 0.0196 e. The van der Waals surface area contributed by atoms with E-state index in [1.165, 1.54) is 24.8 Å². The average molecular weight is 136 g/mol. The van der Waals surface area contributed by atoms with E-state index in [1.54, 1.807) is 0 Å². The highest BCUT2D eigenvalue weighted by atomic mass is 14.1. The summed E-state index contributed by atoms with van der Waals surface area (Å²) in [4.78, 5) is 0. The van der Waals surface area contributed by atoms with E-state index in [0.29, 0.717) is 0 Å². The van der Waals surface area contributed by atoms with Gasteiger partial charge in [0.15, 0.2) is 0 Å². The monoisotopic (exact) mass is 136 g/mol. The first-order chi connectivity index (χ1) is 4.79. The maximum absolute atomic E-state index is 2.35. The lowest BCUT2D eigenvalue weighted by Crippen LogP contribution is -1.87. The van der Waals surface area contributed by atoms with E-state index in [4.69, 9.17) is 0 Å². The summed E-state index contributed by atoms with van der Waals surface area (Å²) in [6, 6.07) is 0. The van der Waals surface area contributed by atoms with Gasteiger partial charge in [0.2, 0.25) is 0 Å². The Morgan fingerprint density at radius 1 is 1.60 bits per heavy atom. The molecule has 0 fully saturated rings. The van der Waals surface area contributed by atoms with Crippen molar-refractivity contribution in [1.82, 2.24) is 0 Å². The molecular weight excluding hydrogens is 120 g/mol. The fourth-order valence-corrected chi connectivity index (χ4v) is 1.28. The molecule has 0 heterocycles. The van der Waals surface area contributed by atoms with Gasteiger partial charge in [-0.2, -0.15) is 0 Å². The van der Waals surface area contributed by atoms with Gasteiger partial charge >= 0.3 is 0 Å². The van der Waals surface area contributed by atoms with Crippen LogP contribution in [-0.4, -0.2) is 0 Å². The summed E-state index contributed by atoms with van der Waals surface area (Å²) < 4.78 is 0. The quantitative estimate of drug-likeness (QED) is 0.511. The number of hydrogen-bond acceptors (Lipinski definition) is 0. The Balaban J connectivity index is 2.26. The maximum Gasteiger partial charge on any atom is -0.0196 e. The van der Waals surface area contributed by atoms with Gasteiger partial charge in [0.1, 0.15) is 0 Å². The Hall–Kier alpha value is -0.520. The second-order valence-corrected chi connectivity index (χ2v) is 3.28. The van der Waals surface area contributed by atoms with Gasteiger partial charge in [-0.15, -0.1) is 0 Å². The van der Waals surface area contributed by atoms with Crippen molar-refractivity contribution in [3.05, 3.63) is 23.8 Å². The molecule has 0 aliphatic heterocycles. The van der Waals surface area contributed by atoms with Crippen LogP contribution in [0.4, 0.5) is 0 Å². The van der Waals surface area contributed by atoms with Gasteiger partial charge in [-0.3, -0.25) is 0 Å². The Kier molecular flexibility index (Phi) is 2.73. The normalized spacial score (nSPS) is 23.2. The second kappa shape index (κ2) is 3.60. The molecule has 10 heavy (non-hydrogen) atoms. The van der Waals surface area contributed by atoms with Crippen LogP contribution in [0.15, 0.2) is 23.8 Å². The Morgan fingerprint density at radius 3 is 2.90 bits per heavy atom. The topological polar surface area (TPSA) is 0 Å². The van der Waals surface area contributed by atoms with Crippen molar-refractivity contribution in [2.24, 2.45) is 5.92 Å². The van der Waals surface area contributed by atoms with Gasteiger partial charge in [-0.1, -0.05) is 23.8 Å². The lowest BCUT2D eigenvalue weighted by Gasteiger charge is -2.01. The van der Waals surface area contributed by atoms with Gasteiger partial charge in [-0.05, 0) is 39.0 Å². The molecule has 1 rings (SSSR count). The number of hydrogen-bond donors (Lipinski definition) is 0.